The van der Waals surface area contributed by atoms with Crippen LogP contribution in [0.2, 0.25) is 5.02 Å². The summed E-state index contributed by atoms with van der Waals surface area (Å²) in [6.07, 6.45) is 0.573. The Morgan fingerprint density at radius 2 is 1.90 bits per heavy atom. The molecule has 0 amide bonds. The molecule has 1 aromatic heterocycles. The summed E-state index contributed by atoms with van der Waals surface area (Å²) in [4.78, 5) is 8.26. The summed E-state index contributed by atoms with van der Waals surface area (Å²) in [5.41, 5.74) is 2.33. The molecule has 0 bridgehead atoms. The molecular formula is C12H12ClF2N5. The summed E-state index contributed by atoms with van der Waals surface area (Å²) >= 11 is 5.81. The van der Waals surface area contributed by atoms with Gasteiger partial charge in [0, 0.05) is 18.6 Å². The third-order valence-electron chi connectivity index (χ3n) is 2.50. The van der Waals surface area contributed by atoms with Gasteiger partial charge in [0.2, 0.25) is 0 Å². The Bertz CT molecular complexity index is 590. The van der Waals surface area contributed by atoms with Gasteiger partial charge in [0.05, 0.1) is 10.7 Å². The number of aryl methyl sites for hydroxylation is 1. The summed E-state index contributed by atoms with van der Waals surface area (Å²) < 4.78 is 26.7. The van der Waals surface area contributed by atoms with Gasteiger partial charge in [-0.1, -0.05) is 18.5 Å². The Labute approximate surface area is 119 Å². The fourth-order valence-electron chi connectivity index (χ4n) is 1.58. The fourth-order valence-corrected chi connectivity index (χ4v) is 1.82. The third-order valence-corrected chi connectivity index (χ3v) is 2.79. The summed E-state index contributed by atoms with van der Waals surface area (Å²) in [6, 6.07) is 3.23. The first-order valence-corrected chi connectivity index (χ1v) is 6.17. The average molecular weight is 300 g/mol. The van der Waals surface area contributed by atoms with Crippen LogP contribution in [0.3, 0.4) is 0 Å². The topological polar surface area (TPSA) is 75.9 Å². The van der Waals surface area contributed by atoms with E-state index >= 15 is 0 Å². The Morgan fingerprint density at radius 1 is 1.20 bits per heavy atom. The van der Waals surface area contributed by atoms with Gasteiger partial charge in [0.15, 0.2) is 5.82 Å². The normalized spacial score (nSPS) is 10.4. The minimum Gasteiger partial charge on any atom is -0.336 e. The highest BCUT2D eigenvalue weighted by Gasteiger charge is 2.12. The largest absolute Gasteiger partial charge is 0.336 e. The number of nitrogen functional groups attached to an aromatic ring is 1. The van der Waals surface area contributed by atoms with E-state index < -0.39 is 11.6 Å². The molecule has 0 aliphatic rings. The van der Waals surface area contributed by atoms with Gasteiger partial charge in [-0.05, 0) is 6.07 Å². The molecule has 4 N–H and O–H groups in total. The van der Waals surface area contributed by atoms with Crippen LogP contribution in [0.1, 0.15) is 12.7 Å². The van der Waals surface area contributed by atoms with E-state index in [0.29, 0.717) is 23.9 Å². The highest BCUT2D eigenvalue weighted by Crippen LogP contribution is 2.29. The van der Waals surface area contributed by atoms with E-state index in [9.17, 15) is 8.78 Å². The number of hydrogen-bond acceptors (Lipinski definition) is 5. The number of rotatable bonds is 4. The number of anilines is 3. The number of nitrogens with one attached hydrogen (secondary N) is 2. The van der Waals surface area contributed by atoms with Gasteiger partial charge in [-0.3, -0.25) is 0 Å². The third kappa shape index (κ3) is 3.12. The van der Waals surface area contributed by atoms with E-state index in [2.05, 4.69) is 20.7 Å². The molecule has 0 atom stereocenters. The van der Waals surface area contributed by atoms with Crippen molar-refractivity contribution in [3.8, 4) is 0 Å². The Balaban J connectivity index is 2.39. The molecule has 106 valence electrons. The van der Waals surface area contributed by atoms with Crippen molar-refractivity contribution in [1.82, 2.24) is 9.97 Å². The molecular weight excluding hydrogens is 288 g/mol. The molecule has 0 saturated heterocycles. The van der Waals surface area contributed by atoms with Crippen molar-refractivity contribution in [2.24, 2.45) is 5.84 Å². The van der Waals surface area contributed by atoms with Crippen molar-refractivity contribution in [2.45, 2.75) is 13.3 Å². The minimum atomic E-state index is -0.811. The summed E-state index contributed by atoms with van der Waals surface area (Å²) in [6.45, 7) is 1.87. The number of hydrazine groups is 1. The quantitative estimate of drug-likeness (QED) is 0.598. The van der Waals surface area contributed by atoms with Gasteiger partial charge in [-0.15, -0.1) is 0 Å². The van der Waals surface area contributed by atoms with Crippen LogP contribution in [0.5, 0.6) is 0 Å². The van der Waals surface area contributed by atoms with Gasteiger partial charge in [-0.2, -0.15) is 0 Å². The van der Waals surface area contributed by atoms with Crippen LogP contribution < -0.4 is 16.6 Å². The Hall–Kier alpha value is -1.99. The second-order valence-corrected chi connectivity index (χ2v) is 4.33. The van der Waals surface area contributed by atoms with Crippen LogP contribution in [-0.4, -0.2) is 9.97 Å². The molecule has 1 heterocycles. The molecule has 2 rings (SSSR count). The maximum Gasteiger partial charge on any atom is 0.151 e. The van der Waals surface area contributed by atoms with E-state index in [-0.39, 0.29) is 10.7 Å². The fraction of sp³-hybridized carbons (Fsp3) is 0.167. The van der Waals surface area contributed by atoms with Gasteiger partial charge in [0.25, 0.3) is 0 Å². The molecule has 8 heteroatoms. The molecule has 0 spiro atoms. The lowest BCUT2D eigenvalue weighted by Gasteiger charge is -2.11. The zero-order valence-electron chi connectivity index (χ0n) is 10.5. The standard InChI is InChI=1S/C12H12ClF2N5/c1-2-9-17-10(5-11(18-9)20-16)19-12-7(13)3-6(14)4-8(12)15/h3-5H,2,16H2,1H3,(H2,17,18,19,20). The van der Waals surface area contributed by atoms with Gasteiger partial charge >= 0.3 is 0 Å². The van der Waals surface area contributed by atoms with Crippen molar-refractivity contribution in [2.75, 3.05) is 10.7 Å². The van der Waals surface area contributed by atoms with Gasteiger partial charge in [-0.25, -0.2) is 24.6 Å². The molecule has 2 aromatic rings. The number of hydrogen-bond donors (Lipinski definition) is 3. The van der Waals surface area contributed by atoms with Crippen LogP contribution >= 0.6 is 11.6 Å². The van der Waals surface area contributed by atoms with Crippen molar-refractivity contribution >= 4 is 28.9 Å². The lowest BCUT2D eigenvalue weighted by Crippen LogP contribution is -2.11. The monoisotopic (exact) mass is 299 g/mol. The van der Waals surface area contributed by atoms with Crippen LogP contribution in [0, 0.1) is 11.6 Å². The highest BCUT2D eigenvalue weighted by atomic mass is 35.5. The smallest absolute Gasteiger partial charge is 0.151 e. The van der Waals surface area contributed by atoms with Crippen LogP contribution in [0.4, 0.5) is 26.1 Å². The Morgan fingerprint density at radius 3 is 2.50 bits per heavy atom. The first kappa shape index (κ1) is 14.4. The average Bonchev–Trinajstić information content (AvgIpc) is 2.42. The second kappa shape index (κ2) is 5.98. The lowest BCUT2D eigenvalue weighted by atomic mass is 10.3. The van der Waals surface area contributed by atoms with Crippen molar-refractivity contribution in [3.05, 3.63) is 40.7 Å². The first-order chi connectivity index (χ1) is 9.53. The van der Waals surface area contributed by atoms with E-state index in [0.717, 1.165) is 12.1 Å². The second-order valence-electron chi connectivity index (χ2n) is 3.92. The van der Waals surface area contributed by atoms with E-state index in [1.807, 2.05) is 6.92 Å². The lowest BCUT2D eigenvalue weighted by molar-refractivity contribution is 0.586. The summed E-state index contributed by atoms with van der Waals surface area (Å²) in [7, 11) is 0. The van der Waals surface area contributed by atoms with Crippen LogP contribution in [-0.2, 0) is 6.42 Å². The number of benzene rings is 1. The summed E-state index contributed by atoms with van der Waals surface area (Å²) in [5.74, 6) is 4.93. The highest BCUT2D eigenvalue weighted by molar-refractivity contribution is 6.33. The van der Waals surface area contributed by atoms with Crippen LogP contribution in [0.25, 0.3) is 0 Å². The maximum absolute atomic E-state index is 13.7. The number of halogens is 3. The SMILES string of the molecule is CCc1nc(NN)cc(Nc2c(F)cc(F)cc2Cl)n1. The van der Waals surface area contributed by atoms with Crippen molar-refractivity contribution in [1.29, 1.82) is 0 Å². The van der Waals surface area contributed by atoms with E-state index in [1.165, 1.54) is 6.07 Å². The zero-order chi connectivity index (χ0) is 14.7. The van der Waals surface area contributed by atoms with E-state index in [1.54, 1.807) is 0 Å². The number of nitrogens with two attached hydrogens (primary N) is 1. The van der Waals surface area contributed by atoms with Crippen LogP contribution in [0.15, 0.2) is 18.2 Å². The number of nitrogens with zero attached hydrogens (tertiary/aromatic N) is 2. The zero-order valence-corrected chi connectivity index (χ0v) is 11.3. The number of aromatic nitrogens is 2. The Kier molecular flexibility index (Phi) is 4.31. The molecule has 0 saturated carbocycles. The van der Waals surface area contributed by atoms with Crippen molar-refractivity contribution in [3.63, 3.8) is 0 Å². The predicted molar refractivity (Wildman–Crippen MR) is 73.9 cm³/mol. The molecule has 0 aliphatic carbocycles. The maximum atomic E-state index is 13.7. The van der Waals surface area contributed by atoms with E-state index in [4.69, 9.17) is 17.4 Å². The minimum absolute atomic E-state index is 0.0585. The predicted octanol–water partition coefficient (Wildman–Crippen LogP) is 3.00. The molecule has 5 nitrogen and oxygen atoms in total. The summed E-state index contributed by atoms with van der Waals surface area (Å²) in [5, 5.41) is 2.61. The molecule has 0 fully saturated rings. The van der Waals surface area contributed by atoms with Gasteiger partial charge in [0.1, 0.15) is 23.3 Å². The molecule has 0 aliphatic heterocycles. The molecule has 0 unspecified atom stereocenters. The van der Waals surface area contributed by atoms with Gasteiger partial charge < -0.3 is 10.7 Å². The van der Waals surface area contributed by atoms with Crippen molar-refractivity contribution < 1.29 is 8.78 Å². The molecule has 20 heavy (non-hydrogen) atoms. The molecule has 1 aromatic carbocycles. The molecule has 0 radical (unpaired) electrons. The first-order valence-electron chi connectivity index (χ1n) is 5.79.